The fourth-order valence-corrected chi connectivity index (χ4v) is 3.51. The van der Waals surface area contributed by atoms with Gasteiger partial charge in [0.2, 0.25) is 0 Å². The van der Waals surface area contributed by atoms with Gasteiger partial charge in [-0.1, -0.05) is 19.3 Å². The number of halogens is 1. The van der Waals surface area contributed by atoms with E-state index in [1.165, 1.54) is 32.1 Å². The molecule has 1 saturated carbocycles. The fourth-order valence-electron chi connectivity index (χ4n) is 2.87. The van der Waals surface area contributed by atoms with Crippen LogP contribution >= 0.6 is 15.9 Å². The Morgan fingerprint density at radius 3 is 2.74 bits per heavy atom. The second-order valence-electron chi connectivity index (χ2n) is 5.30. The summed E-state index contributed by atoms with van der Waals surface area (Å²) in [4.78, 5) is 11.9. The van der Waals surface area contributed by atoms with Crippen molar-refractivity contribution in [1.29, 1.82) is 0 Å². The number of carbonyl (C=O) groups is 1. The molecule has 0 spiro atoms. The molecule has 1 aromatic rings. The Labute approximate surface area is 123 Å². The van der Waals surface area contributed by atoms with E-state index in [4.69, 9.17) is 4.74 Å². The molecule has 0 bridgehead atoms. The Bertz CT molecular complexity index is 447. The first-order valence-corrected chi connectivity index (χ1v) is 7.95. The van der Waals surface area contributed by atoms with Crippen molar-refractivity contribution in [2.75, 3.05) is 6.61 Å². The maximum absolute atomic E-state index is 11.9. The van der Waals surface area contributed by atoms with Crippen LogP contribution in [0.1, 0.15) is 55.1 Å². The van der Waals surface area contributed by atoms with E-state index in [-0.39, 0.29) is 5.97 Å². The summed E-state index contributed by atoms with van der Waals surface area (Å²) < 4.78 is 8.29. The van der Waals surface area contributed by atoms with Crippen LogP contribution in [0.2, 0.25) is 0 Å². The van der Waals surface area contributed by atoms with Crippen molar-refractivity contribution < 1.29 is 9.53 Å². The molecule has 1 aromatic heterocycles. The van der Waals surface area contributed by atoms with Crippen LogP contribution in [0, 0.1) is 12.8 Å². The van der Waals surface area contributed by atoms with Crippen LogP contribution in [0.4, 0.5) is 0 Å². The molecule has 1 aliphatic carbocycles. The van der Waals surface area contributed by atoms with E-state index in [1.54, 1.807) is 0 Å². The van der Waals surface area contributed by atoms with Gasteiger partial charge < -0.3 is 9.30 Å². The fraction of sp³-hybridized carbons (Fsp3) is 0.667. The Morgan fingerprint density at radius 2 is 2.11 bits per heavy atom. The lowest BCUT2D eigenvalue weighted by Crippen LogP contribution is -2.16. The minimum Gasteiger partial charge on any atom is -0.462 e. The molecule has 0 atom stereocenters. The van der Waals surface area contributed by atoms with Gasteiger partial charge in [0.15, 0.2) is 0 Å². The largest absolute Gasteiger partial charge is 0.462 e. The summed E-state index contributed by atoms with van der Waals surface area (Å²) in [5.41, 5.74) is 1.69. The number of aromatic nitrogens is 1. The van der Waals surface area contributed by atoms with Gasteiger partial charge in [-0.15, -0.1) is 0 Å². The standard InChI is InChI=1S/C15H22BrNO2/c1-3-19-15(18)13-9-14(16)17(11(13)2)10-12-7-5-4-6-8-12/h9,12H,3-8,10H2,1-2H3. The van der Waals surface area contributed by atoms with Gasteiger partial charge in [0.25, 0.3) is 0 Å². The van der Waals surface area contributed by atoms with E-state index in [1.807, 2.05) is 19.9 Å². The van der Waals surface area contributed by atoms with Crippen molar-refractivity contribution >= 4 is 21.9 Å². The first-order chi connectivity index (χ1) is 9.13. The van der Waals surface area contributed by atoms with Gasteiger partial charge in [0.05, 0.1) is 16.8 Å². The number of hydrogen-bond donors (Lipinski definition) is 0. The second-order valence-corrected chi connectivity index (χ2v) is 6.11. The van der Waals surface area contributed by atoms with Gasteiger partial charge in [0, 0.05) is 12.2 Å². The van der Waals surface area contributed by atoms with E-state index < -0.39 is 0 Å². The maximum Gasteiger partial charge on any atom is 0.339 e. The monoisotopic (exact) mass is 327 g/mol. The molecular formula is C15H22BrNO2. The normalized spacial score (nSPS) is 16.6. The van der Waals surface area contributed by atoms with Crippen molar-refractivity contribution in [3.05, 3.63) is 21.9 Å². The summed E-state index contributed by atoms with van der Waals surface area (Å²) in [5.74, 6) is 0.522. The number of nitrogens with zero attached hydrogens (tertiary/aromatic N) is 1. The SMILES string of the molecule is CCOC(=O)c1cc(Br)n(CC2CCCCC2)c1C. The lowest BCUT2D eigenvalue weighted by atomic mass is 9.89. The lowest BCUT2D eigenvalue weighted by Gasteiger charge is -2.23. The van der Waals surface area contributed by atoms with Crippen LogP contribution in [-0.2, 0) is 11.3 Å². The van der Waals surface area contributed by atoms with E-state index in [2.05, 4.69) is 20.5 Å². The van der Waals surface area contributed by atoms with Gasteiger partial charge >= 0.3 is 5.97 Å². The highest BCUT2D eigenvalue weighted by Crippen LogP contribution is 2.29. The molecule has 0 amide bonds. The maximum atomic E-state index is 11.9. The van der Waals surface area contributed by atoms with Gasteiger partial charge in [-0.2, -0.15) is 0 Å². The third kappa shape index (κ3) is 3.41. The second kappa shape index (κ2) is 6.60. The summed E-state index contributed by atoms with van der Waals surface area (Å²) >= 11 is 3.57. The molecule has 0 aliphatic heterocycles. The average Bonchev–Trinajstić information content (AvgIpc) is 2.68. The predicted octanol–water partition coefficient (Wildman–Crippen LogP) is 4.32. The van der Waals surface area contributed by atoms with Crippen LogP contribution < -0.4 is 0 Å². The third-order valence-electron chi connectivity index (χ3n) is 3.98. The summed E-state index contributed by atoms with van der Waals surface area (Å²) in [6.45, 7) is 5.26. The topological polar surface area (TPSA) is 31.2 Å². The van der Waals surface area contributed by atoms with E-state index in [0.717, 1.165) is 22.8 Å². The zero-order valence-corrected chi connectivity index (χ0v) is 13.3. The molecule has 0 radical (unpaired) electrons. The minimum atomic E-state index is -0.219. The Morgan fingerprint density at radius 1 is 1.42 bits per heavy atom. The van der Waals surface area contributed by atoms with Gasteiger partial charge in [-0.25, -0.2) is 4.79 Å². The molecule has 0 unspecified atom stereocenters. The van der Waals surface area contributed by atoms with Crippen molar-refractivity contribution in [3.8, 4) is 0 Å². The summed E-state index contributed by atoms with van der Waals surface area (Å²) in [6.07, 6.45) is 6.66. The molecule has 1 fully saturated rings. The zero-order valence-electron chi connectivity index (χ0n) is 11.7. The third-order valence-corrected chi connectivity index (χ3v) is 4.63. The number of ether oxygens (including phenoxy) is 1. The minimum absolute atomic E-state index is 0.219. The molecule has 1 heterocycles. The highest BCUT2D eigenvalue weighted by atomic mass is 79.9. The number of carbonyl (C=O) groups excluding carboxylic acids is 1. The van der Waals surface area contributed by atoms with Crippen molar-refractivity contribution in [1.82, 2.24) is 4.57 Å². The highest BCUT2D eigenvalue weighted by Gasteiger charge is 2.20. The molecule has 3 nitrogen and oxygen atoms in total. The van der Waals surface area contributed by atoms with Gasteiger partial charge in [-0.05, 0) is 54.6 Å². The molecule has 106 valence electrons. The summed E-state index contributed by atoms with van der Waals surface area (Å²) in [5, 5.41) is 0. The number of rotatable bonds is 4. The van der Waals surface area contributed by atoms with E-state index in [9.17, 15) is 4.79 Å². The van der Waals surface area contributed by atoms with Crippen LogP contribution in [0.5, 0.6) is 0 Å². The summed E-state index contributed by atoms with van der Waals surface area (Å²) in [6, 6.07) is 1.89. The molecule has 2 rings (SSSR count). The van der Waals surface area contributed by atoms with Crippen molar-refractivity contribution in [2.45, 2.75) is 52.5 Å². The van der Waals surface area contributed by atoms with Crippen LogP contribution in [-0.4, -0.2) is 17.1 Å². The molecular weight excluding hydrogens is 306 g/mol. The van der Waals surface area contributed by atoms with Gasteiger partial charge in [0.1, 0.15) is 0 Å². The molecule has 4 heteroatoms. The van der Waals surface area contributed by atoms with Crippen LogP contribution in [0.3, 0.4) is 0 Å². The molecule has 19 heavy (non-hydrogen) atoms. The Kier molecular flexibility index (Phi) is 5.08. The Hall–Kier alpha value is -0.770. The zero-order chi connectivity index (χ0) is 13.8. The first kappa shape index (κ1) is 14.6. The lowest BCUT2D eigenvalue weighted by molar-refractivity contribution is 0.0525. The Balaban J connectivity index is 2.14. The van der Waals surface area contributed by atoms with Crippen molar-refractivity contribution in [3.63, 3.8) is 0 Å². The van der Waals surface area contributed by atoms with E-state index >= 15 is 0 Å². The quantitative estimate of drug-likeness (QED) is 0.771. The molecule has 1 aliphatic rings. The summed E-state index contributed by atoms with van der Waals surface area (Å²) in [7, 11) is 0. The smallest absolute Gasteiger partial charge is 0.339 e. The van der Waals surface area contributed by atoms with E-state index in [0.29, 0.717) is 12.2 Å². The predicted molar refractivity (Wildman–Crippen MR) is 79.4 cm³/mol. The number of hydrogen-bond acceptors (Lipinski definition) is 2. The molecule has 0 saturated heterocycles. The average molecular weight is 328 g/mol. The highest BCUT2D eigenvalue weighted by molar-refractivity contribution is 9.10. The van der Waals surface area contributed by atoms with Crippen LogP contribution in [0.15, 0.2) is 10.7 Å². The first-order valence-electron chi connectivity index (χ1n) is 7.16. The molecule has 0 N–H and O–H groups in total. The molecule has 0 aromatic carbocycles. The number of esters is 1. The van der Waals surface area contributed by atoms with Gasteiger partial charge in [-0.3, -0.25) is 0 Å². The van der Waals surface area contributed by atoms with Crippen LogP contribution in [0.25, 0.3) is 0 Å². The van der Waals surface area contributed by atoms with Crippen molar-refractivity contribution in [2.24, 2.45) is 5.92 Å².